The third-order valence-electron chi connectivity index (χ3n) is 3.17. The molecule has 0 radical (unpaired) electrons. The number of aromatic nitrogens is 2. The van der Waals surface area contributed by atoms with Crippen LogP contribution in [0.3, 0.4) is 0 Å². The number of azo groups is 1. The van der Waals surface area contributed by atoms with Crippen molar-refractivity contribution in [2.45, 2.75) is 6.92 Å². The molecule has 0 aliphatic carbocycles. The molecule has 0 unspecified atom stereocenters. The Hall–Kier alpha value is -2.74. The maximum absolute atomic E-state index is 11.2. The van der Waals surface area contributed by atoms with Crippen molar-refractivity contribution in [2.75, 3.05) is 23.7 Å². The van der Waals surface area contributed by atoms with Crippen molar-refractivity contribution in [3.63, 3.8) is 0 Å². The highest BCUT2D eigenvalue weighted by Crippen LogP contribution is 2.29. The fraction of sp³-hybridized carbons (Fsp3) is 0.333. The zero-order chi connectivity index (χ0) is 16.8. The first kappa shape index (κ1) is 16.6. The Morgan fingerprint density at radius 3 is 2.78 bits per heavy atom. The van der Waals surface area contributed by atoms with Crippen molar-refractivity contribution >= 4 is 28.9 Å². The zero-order valence-corrected chi connectivity index (χ0v) is 13.6. The summed E-state index contributed by atoms with van der Waals surface area (Å²) in [5.41, 5.74) is 7.64. The van der Waals surface area contributed by atoms with Gasteiger partial charge in [0.05, 0.1) is 32.2 Å². The highest BCUT2D eigenvalue weighted by Gasteiger charge is 2.12. The molecule has 8 nitrogen and oxygen atoms in total. The Kier molecular flexibility index (Phi) is 5.42. The van der Waals surface area contributed by atoms with Gasteiger partial charge in [-0.05, 0) is 18.2 Å². The van der Waals surface area contributed by atoms with Gasteiger partial charge in [0.1, 0.15) is 5.69 Å². The third kappa shape index (κ3) is 4.36. The van der Waals surface area contributed by atoms with Crippen LogP contribution in [0.5, 0.6) is 0 Å². The van der Waals surface area contributed by atoms with Gasteiger partial charge >= 0.3 is 5.95 Å². The molecule has 1 heterocycles. The molecule has 1 amide bonds. The third-order valence-corrected chi connectivity index (χ3v) is 3.17. The summed E-state index contributed by atoms with van der Waals surface area (Å²) in [6.07, 6.45) is 3.80. The normalized spacial score (nSPS) is 11.0. The summed E-state index contributed by atoms with van der Waals surface area (Å²) < 4.78 is 3.74. The molecule has 0 saturated carbocycles. The number of rotatable bonds is 6. The Morgan fingerprint density at radius 1 is 1.39 bits per heavy atom. The van der Waals surface area contributed by atoms with Crippen molar-refractivity contribution in [3.8, 4) is 0 Å². The van der Waals surface area contributed by atoms with E-state index in [0.29, 0.717) is 30.4 Å². The average molecular weight is 316 g/mol. The molecule has 2 rings (SSSR count). The van der Waals surface area contributed by atoms with Gasteiger partial charge in [0, 0.05) is 30.8 Å². The zero-order valence-electron chi connectivity index (χ0n) is 13.6. The van der Waals surface area contributed by atoms with Crippen LogP contribution in [0.15, 0.2) is 40.8 Å². The van der Waals surface area contributed by atoms with E-state index < -0.39 is 0 Å². The molecule has 0 aliphatic heterocycles. The molecule has 8 heteroatoms. The predicted octanol–water partition coefficient (Wildman–Crippen LogP) is 1.59. The summed E-state index contributed by atoms with van der Waals surface area (Å²) in [7, 11) is 3.80. The highest BCUT2D eigenvalue weighted by molar-refractivity contribution is 5.90. The second-order valence-corrected chi connectivity index (χ2v) is 5.15. The molecule has 4 N–H and O–H groups in total. The molecule has 1 aromatic heterocycles. The smallest absolute Gasteiger partial charge is 0.382 e. The van der Waals surface area contributed by atoms with Crippen LogP contribution in [0, 0.1) is 0 Å². The number of amides is 1. The van der Waals surface area contributed by atoms with Gasteiger partial charge in [-0.25, -0.2) is 9.13 Å². The molecule has 0 aliphatic rings. The van der Waals surface area contributed by atoms with E-state index in [1.807, 2.05) is 47.8 Å². The Morgan fingerprint density at radius 2 is 2.17 bits per heavy atom. The quantitative estimate of drug-likeness (QED) is 0.557. The lowest BCUT2D eigenvalue weighted by Crippen LogP contribution is -2.25. The summed E-state index contributed by atoms with van der Waals surface area (Å²) in [6, 6.07) is 5.43. The minimum atomic E-state index is -0.135. The Balaban J connectivity index is 2.34. The van der Waals surface area contributed by atoms with Crippen molar-refractivity contribution in [1.29, 1.82) is 0 Å². The molecule has 122 valence electrons. The van der Waals surface area contributed by atoms with Crippen LogP contribution in [0.1, 0.15) is 6.92 Å². The predicted molar refractivity (Wildman–Crippen MR) is 89.1 cm³/mol. The first-order chi connectivity index (χ1) is 11.0. The minimum Gasteiger partial charge on any atom is -0.382 e. The van der Waals surface area contributed by atoms with E-state index in [4.69, 9.17) is 5.73 Å². The van der Waals surface area contributed by atoms with Crippen LogP contribution >= 0.6 is 0 Å². The molecule has 0 spiro atoms. The van der Waals surface area contributed by atoms with Crippen LogP contribution in [0.4, 0.5) is 23.0 Å². The number of carbonyl (C=O) groups is 1. The van der Waals surface area contributed by atoms with E-state index in [0.717, 1.165) is 5.69 Å². The second-order valence-electron chi connectivity index (χ2n) is 5.15. The topological polar surface area (TPSA) is 101 Å². The number of nitrogens with two attached hydrogens (primary N) is 1. The number of carbonyl (C=O) groups excluding carboxylic acids is 1. The van der Waals surface area contributed by atoms with Gasteiger partial charge in [0.25, 0.3) is 0 Å². The van der Waals surface area contributed by atoms with Gasteiger partial charge in [0.15, 0.2) is 0 Å². The second kappa shape index (κ2) is 7.50. The average Bonchev–Trinajstić information content (AvgIpc) is 2.82. The number of benzene rings is 1. The first-order valence-electron chi connectivity index (χ1n) is 7.29. The number of nitrogens with one attached hydrogen (secondary N) is 2. The van der Waals surface area contributed by atoms with Crippen molar-refractivity contribution in [3.05, 3.63) is 30.6 Å². The van der Waals surface area contributed by atoms with E-state index in [-0.39, 0.29) is 5.91 Å². The fourth-order valence-electron chi connectivity index (χ4n) is 2.07. The van der Waals surface area contributed by atoms with Gasteiger partial charge in [-0.1, -0.05) is 5.11 Å². The van der Waals surface area contributed by atoms with Gasteiger partial charge in [0.2, 0.25) is 5.91 Å². The maximum atomic E-state index is 11.2. The first-order valence-corrected chi connectivity index (χ1v) is 7.29. The molecule has 1 aromatic carbocycles. The lowest BCUT2D eigenvalue weighted by atomic mass is 10.2. The van der Waals surface area contributed by atoms with Gasteiger partial charge < -0.3 is 16.4 Å². The Bertz CT molecular complexity index is 701. The summed E-state index contributed by atoms with van der Waals surface area (Å²) in [5.74, 6) is 0.573. The minimum absolute atomic E-state index is 0.135. The Labute approximate surface area is 135 Å². The largest absolute Gasteiger partial charge is 0.421 e. The number of aryl methyl sites for hydroxylation is 2. The fourth-order valence-corrected chi connectivity index (χ4v) is 2.07. The number of nitrogens with zero attached hydrogens (tertiary/aromatic N) is 4. The maximum Gasteiger partial charge on any atom is 0.421 e. The van der Waals surface area contributed by atoms with Crippen molar-refractivity contribution in [1.82, 2.24) is 4.57 Å². The van der Waals surface area contributed by atoms with E-state index >= 15 is 0 Å². The van der Waals surface area contributed by atoms with Crippen molar-refractivity contribution < 1.29 is 9.36 Å². The van der Waals surface area contributed by atoms with Crippen LogP contribution in [0.25, 0.3) is 0 Å². The van der Waals surface area contributed by atoms with Gasteiger partial charge in [-0.15, -0.1) is 0 Å². The van der Waals surface area contributed by atoms with E-state index in [1.54, 1.807) is 6.07 Å². The highest BCUT2D eigenvalue weighted by atomic mass is 16.1. The van der Waals surface area contributed by atoms with Gasteiger partial charge in [-0.3, -0.25) is 4.79 Å². The lowest BCUT2D eigenvalue weighted by Gasteiger charge is -2.09. The molecular formula is C15H22N7O+. The van der Waals surface area contributed by atoms with Crippen LogP contribution < -0.4 is 20.9 Å². The number of hydrogen-bond donors (Lipinski definition) is 3. The molecular weight excluding hydrogens is 294 g/mol. The molecule has 0 bridgehead atoms. The molecule has 0 fully saturated rings. The summed E-state index contributed by atoms with van der Waals surface area (Å²) in [6.45, 7) is 2.60. The molecule has 0 saturated heterocycles. The lowest BCUT2D eigenvalue weighted by molar-refractivity contribution is -0.657. The summed E-state index contributed by atoms with van der Waals surface area (Å²) >= 11 is 0. The molecule has 0 atom stereocenters. The van der Waals surface area contributed by atoms with Gasteiger partial charge in [-0.2, -0.15) is 0 Å². The SMILES string of the molecule is CC(=O)Nc1ccc(NCCN)c(N=Nc2n(C)cc[n+]2C)c1. The van der Waals surface area contributed by atoms with E-state index in [1.165, 1.54) is 6.92 Å². The van der Waals surface area contributed by atoms with Crippen LogP contribution in [-0.2, 0) is 18.9 Å². The van der Waals surface area contributed by atoms with Crippen LogP contribution in [-0.4, -0.2) is 23.6 Å². The summed E-state index contributed by atoms with van der Waals surface area (Å²) in [5, 5.41) is 14.6. The number of anilines is 2. The number of imidazole rings is 1. The molecule has 2 aromatic rings. The van der Waals surface area contributed by atoms with Crippen LogP contribution in [0.2, 0.25) is 0 Å². The number of hydrogen-bond acceptors (Lipinski definition) is 5. The standard InChI is InChI=1S/C15H21N7O/c1-11(23)18-12-4-5-13(17-7-6-16)14(10-12)19-20-15-21(2)8-9-22(15)3/h4-5,8-10H,6-7,16H2,1-3H3,(H,18,19,23)/p+1. The van der Waals surface area contributed by atoms with E-state index in [2.05, 4.69) is 20.9 Å². The summed E-state index contributed by atoms with van der Waals surface area (Å²) in [4.78, 5) is 11.2. The van der Waals surface area contributed by atoms with Crippen molar-refractivity contribution in [2.24, 2.45) is 30.1 Å². The van der Waals surface area contributed by atoms with E-state index in [9.17, 15) is 4.79 Å². The monoisotopic (exact) mass is 316 g/mol. The molecule has 23 heavy (non-hydrogen) atoms.